The van der Waals surface area contributed by atoms with Gasteiger partial charge >= 0.3 is 0 Å². The van der Waals surface area contributed by atoms with Crippen molar-refractivity contribution in [2.45, 2.75) is 0 Å². The largest absolute Gasteiger partial charge is 0.497 e. The van der Waals surface area contributed by atoms with E-state index in [2.05, 4.69) is 9.97 Å². The summed E-state index contributed by atoms with van der Waals surface area (Å²) in [6.07, 6.45) is 3.32. The number of halogens is 1. The minimum absolute atomic E-state index is 0.440. The zero-order valence-corrected chi connectivity index (χ0v) is 11.5. The SMILES string of the molecule is COc1ccc(-c2cnc(-c3ccc(Cl)nc3)o2)cc1. The molecule has 20 heavy (non-hydrogen) atoms. The summed E-state index contributed by atoms with van der Waals surface area (Å²) in [5.74, 6) is 2.01. The summed E-state index contributed by atoms with van der Waals surface area (Å²) in [4.78, 5) is 8.26. The van der Waals surface area contributed by atoms with Crippen LogP contribution in [0.1, 0.15) is 0 Å². The molecule has 0 N–H and O–H groups in total. The summed E-state index contributed by atoms with van der Waals surface area (Å²) < 4.78 is 10.9. The van der Waals surface area contributed by atoms with E-state index in [1.54, 1.807) is 25.6 Å². The van der Waals surface area contributed by atoms with E-state index in [-0.39, 0.29) is 0 Å². The zero-order chi connectivity index (χ0) is 13.9. The van der Waals surface area contributed by atoms with E-state index in [1.807, 2.05) is 30.3 Å². The lowest BCUT2D eigenvalue weighted by molar-refractivity contribution is 0.415. The molecule has 3 rings (SSSR count). The summed E-state index contributed by atoms with van der Waals surface area (Å²) in [6.45, 7) is 0. The smallest absolute Gasteiger partial charge is 0.228 e. The Kier molecular flexibility index (Phi) is 3.39. The van der Waals surface area contributed by atoms with E-state index in [9.17, 15) is 0 Å². The monoisotopic (exact) mass is 286 g/mol. The lowest BCUT2D eigenvalue weighted by Gasteiger charge is -2.00. The minimum atomic E-state index is 0.440. The third-order valence-corrected chi connectivity index (χ3v) is 3.08. The molecule has 0 unspecified atom stereocenters. The number of nitrogens with zero attached hydrogens (tertiary/aromatic N) is 2. The van der Waals surface area contributed by atoms with Crippen molar-refractivity contribution in [2.75, 3.05) is 7.11 Å². The van der Waals surface area contributed by atoms with Crippen LogP contribution in [0.25, 0.3) is 22.8 Å². The van der Waals surface area contributed by atoms with Gasteiger partial charge in [-0.05, 0) is 36.4 Å². The Morgan fingerprint density at radius 2 is 1.70 bits per heavy atom. The molecule has 0 fully saturated rings. The van der Waals surface area contributed by atoms with Crippen molar-refractivity contribution < 1.29 is 9.15 Å². The van der Waals surface area contributed by atoms with Crippen LogP contribution >= 0.6 is 11.6 Å². The van der Waals surface area contributed by atoms with Crippen molar-refractivity contribution in [3.63, 3.8) is 0 Å². The van der Waals surface area contributed by atoms with Crippen molar-refractivity contribution in [3.8, 4) is 28.5 Å². The highest BCUT2D eigenvalue weighted by Gasteiger charge is 2.09. The van der Waals surface area contributed by atoms with E-state index in [1.165, 1.54) is 0 Å². The number of aromatic nitrogens is 2. The topological polar surface area (TPSA) is 48.2 Å². The van der Waals surface area contributed by atoms with Crippen LogP contribution in [-0.2, 0) is 0 Å². The molecule has 2 aromatic heterocycles. The minimum Gasteiger partial charge on any atom is -0.497 e. The quantitative estimate of drug-likeness (QED) is 0.681. The average Bonchev–Trinajstić information content (AvgIpc) is 2.98. The number of methoxy groups -OCH3 is 1. The van der Waals surface area contributed by atoms with E-state index in [0.29, 0.717) is 16.8 Å². The van der Waals surface area contributed by atoms with Crippen LogP contribution in [0.5, 0.6) is 5.75 Å². The Labute approximate surface area is 121 Å². The normalized spacial score (nSPS) is 10.5. The number of hydrogen-bond donors (Lipinski definition) is 0. The van der Waals surface area contributed by atoms with Crippen LogP contribution in [0.3, 0.4) is 0 Å². The number of benzene rings is 1. The Hall–Kier alpha value is -2.33. The van der Waals surface area contributed by atoms with Gasteiger partial charge in [0, 0.05) is 11.8 Å². The lowest BCUT2D eigenvalue weighted by Crippen LogP contribution is -1.81. The predicted octanol–water partition coefficient (Wildman–Crippen LogP) is 4.07. The van der Waals surface area contributed by atoms with Crippen molar-refractivity contribution >= 4 is 11.6 Å². The van der Waals surface area contributed by atoms with Crippen LogP contribution in [-0.4, -0.2) is 17.1 Å². The molecule has 4 nitrogen and oxygen atoms in total. The first-order valence-corrected chi connectivity index (χ1v) is 6.36. The van der Waals surface area contributed by atoms with Gasteiger partial charge in [-0.1, -0.05) is 11.6 Å². The van der Waals surface area contributed by atoms with Gasteiger partial charge in [-0.15, -0.1) is 0 Å². The Bertz CT molecular complexity index is 705. The second-order valence-corrected chi connectivity index (χ2v) is 4.52. The van der Waals surface area contributed by atoms with Gasteiger partial charge in [-0.25, -0.2) is 9.97 Å². The van der Waals surface area contributed by atoms with Gasteiger partial charge < -0.3 is 9.15 Å². The van der Waals surface area contributed by atoms with Gasteiger partial charge in [-0.2, -0.15) is 0 Å². The fourth-order valence-electron chi connectivity index (χ4n) is 1.80. The van der Waals surface area contributed by atoms with Gasteiger partial charge in [-0.3, -0.25) is 0 Å². The first kappa shape index (κ1) is 12.7. The molecule has 0 radical (unpaired) electrons. The molecule has 5 heteroatoms. The Morgan fingerprint density at radius 1 is 0.950 bits per heavy atom. The third-order valence-electron chi connectivity index (χ3n) is 2.85. The molecular weight excluding hydrogens is 276 g/mol. The molecule has 0 spiro atoms. The van der Waals surface area contributed by atoms with Crippen LogP contribution in [0.4, 0.5) is 0 Å². The Morgan fingerprint density at radius 3 is 2.35 bits per heavy atom. The van der Waals surface area contributed by atoms with Crippen LogP contribution < -0.4 is 4.74 Å². The standard InChI is InChI=1S/C15H11ClN2O2/c1-19-12-5-2-10(3-6-12)13-9-18-15(20-13)11-4-7-14(16)17-8-11/h2-9H,1H3. The third kappa shape index (κ3) is 2.51. The molecule has 0 saturated carbocycles. The summed E-state index contributed by atoms with van der Waals surface area (Å²) >= 11 is 5.75. The molecule has 0 atom stereocenters. The molecule has 2 heterocycles. The van der Waals surface area contributed by atoms with E-state index in [4.69, 9.17) is 20.8 Å². The van der Waals surface area contributed by atoms with Crippen molar-refractivity contribution in [3.05, 3.63) is 53.9 Å². The number of pyridine rings is 1. The summed E-state index contributed by atoms with van der Waals surface area (Å²) in [6, 6.07) is 11.1. The van der Waals surface area contributed by atoms with E-state index < -0.39 is 0 Å². The molecule has 0 aliphatic rings. The van der Waals surface area contributed by atoms with Gasteiger partial charge in [0.1, 0.15) is 10.9 Å². The first-order chi connectivity index (χ1) is 9.76. The molecule has 0 bridgehead atoms. The maximum Gasteiger partial charge on any atom is 0.228 e. The lowest BCUT2D eigenvalue weighted by atomic mass is 10.2. The molecule has 1 aromatic carbocycles. The number of rotatable bonds is 3. The molecule has 100 valence electrons. The molecule has 0 amide bonds. The van der Waals surface area contributed by atoms with E-state index in [0.717, 1.165) is 16.9 Å². The van der Waals surface area contributed by atoms with Gasteiger partial charge in [0.2, 0.25) is 5.89 Å². The summed E-state index contributed by atoms with van der Waals surface area (Å²) in [5.41, 5.74) is 1.72. The average molecular weight is 287 g/mol. The molecule has 0 aliphatic heterocycles. The molecular formula is C15H11ClN2O2. The summed E-state index contributed by atoms with van der Waals surface area (Å²) in [7, 11) is 1.63. The van der Waals surface area contributed by atoms with Crippen LogP contribution in [0.15, 0.2) is 53.2 Å². The highest BCUT2D eigenvalue weighted by molar-refractivity contribution is 6.29. The number of ether oxygens (including phenoxy) is 1. The predicted molar refractivity (Wildman–Crippen MR) is 76.7 cm³/mol. The molecule has 0 aliphatic carbocycles. The fourth-order valence-corrected chi connectivity index (χ4v) is 1.91. The number of hydrogen-bond acceptors (Lipinski definition) is 4. The number of oxazole rings is 1. The van der Waals surface area contributed by atoms with Gasteiger partial charge in [0.25, 0.3) is 0 Å². The van der Waals surface area contributed by atoms with Crippen LogP contribution in [0.2, 0.25) is 5.15 Å². The fraction of sp³-hybridized carbons (Fsp3) is 0.0667. The summed E-state index contributed by atoms with van der Waals surface area (Å²) in [5, 5.41) is 0.440. The zero-order valence-electron chi connectivity index (χ0n) is 10.7. The van der Waals surface area contributed by atoms with Crippen molar-refractivity contribution in [1.29, 1.82) is 0 Å². The molecule has 0 saturated heterocycles. The second-order valence-electron chi connectivity index (χ2n) is 4.13. The maximum absolute atomic E-state index is 5.75. The first-order valence-electron chi connectivity index (χ1n) is 5.98. The highest BCUT2D eigenvalue weighted by atomic mass is 35.5. The highest BCUT2D eigenvalue weighted by Crippen LogP contribution is 2.27. The molecule has 3 aromatic rings. The van der Waals surface area contributed by atoms with Crippen LogP contribution in [0, 0.1) is 0 Å². The van der Waals surface area contributed by atoms with E-state index >= 15 is 0 Å². The van der Waals surface area contributed by atoms with Crippen molar-refractivity contribution in [1.82, 2.24) is 9.97 Å². The van der Waals surface area contributed by atoms with Gasteiger partial charge in [0.05, 0.1) is 18.9 Å². The second kappa shape index (κ2) is 5.35. The van der Waals surface area contributed by atoms with Crippen molar-refractivity contribution in [2.24, 2.45) is 0 Å². The maximum atomic E-state index is 5.75. The van der Waals surface area contributed by atoms with Gasteiger partial charge in [0.15, 0.2) is 5.76 Å². The Balaban J connectivity index is 1.91.